The molecule has 1 aromatic carbocycles. The third-order valence-corrected chi connectivity index (χ3v) is 3.52. The first-order chi connectivity index (χ1) is 7.13. The average molecular weight is 204 g/mol. The van der Waals surface area contributed by atoms with Crippen LogP contribution in [0.3, 0.4) is 0 Å². The monoisotopic (exact) mass is 204 g/mol. The Morgan fingerprint density at radius 1 is 1.27 bits per heavy atom. The molecule has 1 aliphatic carbocycles. The zero-order chi connectivity index (χ0) is 10.9. The van der Waals surface area contributed by atoms with E-state index in [4.69, 9.17) is 0 Å². The van der Waals surface area contributed by atoms with E-state index in [1.807, 2.05) is 0 Å². The van der Waals surface area contributed by atoms with Crippen molar-refractivity contribution in [3.05, 3.63) is 35.4 Å². The summed E-state index contributed by atoms with van der Waals surface area (Å²) in [5.41, 5.74) is 2.31. The van der Waals surface area contributed by atoms with Gasteiger partial charge < -0.3 is 5.11 Å². The quantitative estimate of drug-likeness (QED) is 0.798. The van der Waals surface area contributed by atoms with E-state index in [0.717, 1.165) is 19.3 Å². The minimum atomic E-state index is -0.363. The molecule has 2 rings (SSSR count). The highest BCUT2D eigenvalue weighted by Gasteiger charge is 2.39. The standard InChI is InChI=1S/C14H20O/c1-3-11(2)13-6-4-12(5-7-13)10-14(15)8-9-14/h4-7,11,15H,3,8-10H2,1-2H3. The number of aliphatic hydroxyl groups is 1. The topological polar surface area (TPSA) is 20.2 Å². The Kier molecular flexibility index (Phi) is 2.83. The van der Waals surface area contributed by atoms with E-state index >= 15 is 0 Å². The molecule has 1 nitrogen and oxygen atoms in total. The van der Waals surface area contributed by atoms with Gasteiger partial charge in [-0.05, 0) is 36.3 Å². The molecule has 1 unspecified atom stereocenters. The Hall–Kier alpha value is -0.820. The largest absolute Gasteiger partial charge is 0.390 e. The molecule has 0 radical (unpaired) electrons. The smallest absolute Gasteiger partial charge is 0.0690 e. The molecule has 0 saturated heterocycles. The van der Waals surface area contributed by atoms with Crippen molar-refractivity contribution in [1.29, 1.82) is 0 Å². The summed E-state index contributed by atoms with van der Waals surface area (Å²) in [5, 5.41) is 9.81. The molecule has 1 atom stereocenters. The van der Waals surface area contributed by atoms with Crippen LogP contribution in [0.4, 0.5) is 0 Å². The van der Waals surface area contributed by atoms with Gasteiger partial charge in [0.1, 0.15) is 0 Å². The molecule has 0 spiro atoms. The first kappa shape index (κ1) is 10.7. The van der Waals surface area contributed by atoms with Crippen LogP contribution in [0.1, 0.15) is 50.2 Å². The fourth-order valence-electron chi connectivity index (χ4n) is 1.90. The van der Waals surface area contributed by atoms with Crippen LogP contribution in [-0.4, -0.2) is 10.7 Å². The lowest BCUT2D eigenvalue weighted by atomic mass is 9.96. The third kappa shape index (κ3) is 2.60. The zero-order valence-corrected chi connectivity index (χ0v) is 9.66. The van der Waals surface area contributed by atoms with Crippen LogP contribution in [0.25, 0.3) is 0 Å². The Morgan fingerprint density at radius 2 is 1.87 bits per heavy atom. The van der Waals surface area contributed by atoms with Gasteiger partial charge in [-0.3, -0.25) is 0 Å². The SMILES string of the molecule is CCC(C)c1ccc(CC2(O)CC2)cc1. The van der Waals surface area contributed by atoms with E-state index in [1.54, 1.807) is 0 Å². The van der Waals surface area contributed by atoms with Crippen LogP contribution in [-0.2, 0) is 6.42 Å². The zero-order valence-electron chi connectivity index (χ0n) is 9.66. The van der Waals surface area contributed by atoms with E-state index in [-0.39, 0.29) is 5.60 Å². The summed E-state index contributed by atoms with van der Waals surface area (Å²) in [4.78, 5) is 0. The molecule has 1 saturated carbocycles. The molecular weight excluding hydrogens is 184 g/mol. The number of hydrogen-bond donors (Lipinski definition) is 1. The lowest BCUT2D eigenvalue weighted by Crippen LogP contribution is -2.10. The first-order valence-electron chi connectivity index (χ1n) is 5.94. The molecule has 1 heteroatoms. The molecule has 0 bridgehead atoms. The van der Waals surface area contributed by atoms with E-state index in [1.165, 1.54) is 17.5 Å². The van der Waals surface area contributed by atoms with Crippen molar-refractivity contribution in [2.24, 2.45) is 0 Å². The van der Waals surface area contributed by atoms with E-state index < -0.39 is 0 Å². The summed E-state index contributed by atoms with van der Waals surface area (Å²) in [5.74, 6) is 0.642. The molecule has 82 valence electrons. The Balaban J connectivity index is 2.03. The number of benzene rings is 1. The van der Waals surface area contributed by atoms with E-state index in [2.05, 4.69) is 38.1 Å². The van der Waals surface area contributed by atoms with Gasteiger partial charge in [0, 0.05) is 6.42 Å². The maximum absolute atomic E-state index is 9.81. The van der Waals surface area contributed by atoms with Crippen LogP contribution in [0.5, 0.6) is 0 Å². The number of hydrogen-bond acceptors (Lipinski definition) is 1. The average Bonchev–Trinajstić information content (AvgIpc) is 2.96. The lowest BCUT2D eigenvalue weighted by molar-refractivity contribution is 0.151. The van der Waals surface area contributed by atoms with Gasteiger partial charge in [0.2, 0.25) is 0 Å². The van der Waals surface area contributed by atoms with Gasteiger partial charge in [-0.1, -0.05) is 38.1 Å². The Bertz CT molecular complexity index is 322. The minimum absolute atomic E-state index is 0.363. The predicted molar refractivity (Wildman–Crippen MR) is 63.0 cm³/mol. The van der Waals surface area contributed by atoms with Crippen molar-refractivity contribution >= 4 is 0 Å². The second-order valence-electron chi connectivity index (χ2n) is 4.95. The second-order valence-corrected chi connectivity index (χ2v) is 4.95. The van der Waals surface area contributed by atoms with Gasteiger partial charge in [0.25, 0.3) is 0 Å². The van der Waals surface area contributed by atoms with Gasteiger partial charge in [0.05, 0.1) is 5.60 Å². The molecule has 0 heterocycles. The van der Waals surface area contributed by atoms with E-state index in [9.17, 15) is 5.11 Å². The van der Waals surface area contributed by atoms with Crippen LogP contribution >= 0.6 is 0 Å². The Labute approximate surface area is 92.1 Å². The van der Waals surface area contributed by atoms with Gasteiger partial charge in [-0.15, -0.1) is 0 Å². The van der Waals surface area contributed by atoms with Crippen molar-refractivity contribution in [2.75, 3.05) is 0 Å². The van der Waals surface area contributed by atoms with Crippen molar-refractivity contribution < 1.29 is 5.11 Å². The van der Waals surface area contributed by atoms with Crippen LogP contribution < -0.4 is 0 Å². The molecule has 1 fully saturated rings. The molecule has 0 amide bonds. The molecule has 1 N–H and O–H groups in total. The van der Waals surface area contributed by atoms with Gasteiger partial charge in [0.15, 0.2) is 0 Å². The highest BCUT2D eigenvalue weighted by molar-refractivity contribution is 5.27. The normalized spacial score (nSPS) is 19.9. The van der Waals surface area contributed by atoms with E-state index in [0.29, 0.717) is 5.92 Å². The van der Waals surface area contributed by atoms with Gasteiger partial charge in [-0.25, -0.2) is 0 Å². The molecule has 15 heavy (non-hydrogen) atoms. The highest BCUT2D eigenvalue weighted by Crippen LogP contribution is 2.38. The molecular formula is C14H20O. The summed E-state index contributed by atoms with van der Waals surface area (Å²) < 4.78 is 0. The maximum atomic E-state index is 9.81. The molecule has 1 aromatic rings. The number of rotatable bonds is 4. The fourth-order valence-corrected chi connectivity index (χ4v) is 1.90. The summed E-state index contributed by atoms with van der Waals surface area (Å²) in [6, 6.07) is 8.74. The van der Waals surface area contributed by atoms with Crippen molar-refractivity contribution in [1.82, 2.24) is 0 Å². The van der Waals surface area contributed by atoms with Gasteiger partial charge >= 0.3 is 0 Å². The first-order valence-corrected chi connectivity index (χ1v) is 5.94. The summed E-state index contributed by atoms with van der Waals surface area (Å²) in [6.07, 6.45) is 3.96. The molecule has 1 aliphatic rings. The molecule has 0 aliphatic heterocycles. The summed E-state index contributed by atoms with van der Waals surface area (Å²) >= 11 is 0. The van der Waals surface area contributed by atoms with Crippen LogP contribution in [0, 0.1) is 0 Å². The fraction of sp³-hybridized carbons (Fsp3) is 0.571. The van der Waals surface area contributed by atoms with Crippen molar-refractivity contribution in [3.63, 3.8) is 0 Å². The second kappa shape index (κ2) is 3.97. The molecule has 0 aromatic heterocycles. The minimum Gasteiger partial charge on any atom is -0.390 e. The third-order valence-electron chi connectivity index (χ3n) is 3.52. The van der Waals surface area contributed by atoms with Crippen molar-refractivity contribution in [2.45, 2.75) is 51.0 Å². The maximum Gasteiger partial charge on any atom is 0.0690 e. The van der Waals surface area contributed by atoms with Crippen LogP contribution in [0.2, 0.25) is 0 Å². The highest BCUT2D eigenvalue weighted by atomic mass is 16.3. The summed E-state index contributed by atoms with van der Waals surface area (Å²) in [7, 11) is 0. The Morgan fingerprint density at radius 3 is 2.33 bits per heavy atom. The predicted octanol–water partition coefficient (Wildman–Crippen LogP) is 3.27. The summed E-state index contributed by atoms with van der Waals surface area (Å²) in [6.45, 7) is 4.47. The van der Waals surface area contributed by atoms with Crippen LogP contribution in [0.15, 0.2) is 24.3 Å². The van der Waals surface area contributed by atoms with Gasteiger partial charge in [-0.2, -0.15) is 0 Å². The lowest BCUT2D eigenvalue weighted by Gasteiger charge is -2.11. The van der Waals surface area contributed by atoms with Crippen molar-refractivity contribution in [3.8, 4) is 0 Å².